The first-order valence-electron chi connectivity index (χ1n) is 5.52. The third-order valence-corrected chi connectivity index (χ3v) is 4.72. The number of methoxy groups -OCH3 is 1. The van der Waals surface area contributed by atoms with Crippen LogP contribution in [0.25, 0.3) is 0 Å². The summed E-state index contributed by atoms with van der Waals surface area (Å²) in [6, 6.07) is -0.310. The van der Waals surface area contributed by atoms with Crippen LogP contribution >= 0.6 is 0 Å². The Morgan fingerprint density at radius 3 is 2.65 bits per heavy atom. The van der Waals surface area contributed by atoms with Gasteiger partial charge >= 0.3 is 5.97 Å². The zero-order chi connectivity index (χ0) is 13.1. The molecule has 0 amide bonds. The molecule has 2 unspecified atom stereocenters. The molecule has 6 nitrogen and oxygen atoms in total. The SMILES string of the molecule is COCC(C)N(CC(=O)O)C1CCS(=O)(=O)C1. The van der Waals surface area contributed by atoms with Gasteiger partial charge in [0.15, 0.2) is 9.84 Å². The molecule has 0 saturated carbocycles. The van der Waals surface area contributed by atoms with Gasteiger partial charge in [-0.1, -0.05) is 0 Å². The van der Waals surface area contributed by atoms with E-state index >= 15 is 0 Å². The lowest BCUT2D eigenvalue weighted by Crippen LogP contribution is -2.47. The number of hydrogen-bond acceptors (Lipinski definition) is 5. The van der Waals surface area contributed by atoms with E-state index in [2.05, 4.69) is 0 Å². The van der Waals surface area contributed by atoms with Crippen molar-refractivity contribution in [3.63, 3.8) is 0 Å². The van der Waals surface area contributed by atoms with Crippen LogP contribution in [0.5, 0.6) is 0 Å². The molecule has 1 N–H and O–H groups in total. The summed E-state index contributed by atoms with van der Waals surface area (Å²) in [6.07, 6.45) is 0.504. The van der Waals surface area contributed by atoms with Crippen molar-refractivity contribution in [3.8, 4) is 0 Å². The van der Waals surface area contributed by atoms with Crippen molar-refractivity contribution < 1.29 is 23.1 Å². The normalized spacial score (nSPS) is 25.0. The van der Waals surface area contributed by atoms with Crippen molar-refractivity contribution in [2.75, 3.05) is 31.8 Å². The van der Waals surface area contributed by atoms with Crippen LogP contribution in [0.4, 0.5) is 0 Å². The van der Waals surface area contributed by atoms with Gasteiger partial charge in [-0.05, 0) is 13.3 Å². The zero-order valence-electron chi connectivity index (χ0n) is 10.1. The van der Waals surface area contributed by atoms with Crippen LogP contribution < -0.4 is 0 Å². The lowest BCUT2D eigenvalue weighted by atomic mass is 10.1. The Morgan fingerprint density at radius 2 is 2.24 bits per heavy atom. The summed E-state index contributed by atoms with van der Waals surface area (Å²) in [6.45, 7) is 2.09. The standard InChI is InChI=1S/C10H19NO5S/c1-8(6-16-2)11(5-10(12)13)9-3-4-17(14,15)7-9/h8-9H,3-7H2,1-2H3,(H,12,13). The molecule has 1 aliphatic heterocycles. The first-order valence-corrected chi connectivity index (χ1v) is 7.34. The first kappa shape index (κ1) is 14.4. The molecule has 0 aliphatic carbocycles. The molecule has 1 rings (SSSR count). The van der Waals surface area contributed by atoms with Gasteiger partial charge in [0, 0.05) is 19.2 Å². The third-order valence-electron chi connectivity index (χ3n) is 2.97. The Kier molecular flexibility index (Phi) is 4.91. The van der Waals surface area contributed by atoms with E-state index in [0.29, 0.717) is 13.0 Å². The summed E-state index contributed by atoms with van der Waals surface area (Å²) in [5.74, 6) is -0.751. The average Bonchev–Trinajstić information content (AvgIpc) is 2.55. The second kappa shape index (κ2) is 5.79. The van der Waals surface area contributed by atoms with Crippen molar-refractivity contribution in [1.29, 1.82) is 0 Å². The average molecular weight is 265 g/mol. The van der Waals surface area contributed by atoms with E-state index in [4.69, 9.17) is 9.84 Å². The minimum absolute atomic E-state index is 0.0499. The predicted octanol–water partition coefficient (Wildman–Crippen LogP) is -0.405. The lowest BCUT2D eigenvalue weighted by Gasteiger charge is -2.31. The minimum Gasteiger partial charge on any atom is -0.480 e. The zero-order valence-corrected chi connectivity index (χ0v) is 10.9. The molecule has 7 heteroatoms. The van der Waals surface area contributed by atoms with E-state index in [1.165, 1.54) is 0 Å². The summed E-state index contributed by atoms with van der Waals surface area (Å²) in [4.78, 5) is 12.5. The van der Waals surface area contributed by atoms with Gasteiger partial charge in [0.25, 0.3) is 0 Å². The molecular formula is C10H19NO5S. The fraction of sp³-hybridized carbons (Fsp3) is 0.900. The van der Waals surface area contributed by atoms with Gasteiger partial charge in [0.1, 0.15) is 0 Å². The number of rotatable bonds is 6. The fourth-order valence-corrected chi connectivity index (χ4v) is 3.92. The quantitative estimate of drug-likeness (QED) is 0.703. The molecule has 0 aromatic carbocycles. The molecule has 0 bridgehead atoms. The topological polar surface area (TPSA) is 83.9 Å². The first-order chi connectivity index (χ1) is 7.85. The van der Waals surface area contributed by atoms with Crippen molar-refractivity contribution in [2.45, 2.75) is 25.4 Å². The van der Waals surface area contributed by atoms with Crippen molar-refractivity contribution in [2.24, 2.45) is 0 Å². The molecule has 1 saturated heterocycles. The summed E-state index contributed by atoms with van der Waals surface area (Å²) >= 11 is 0. The lowest BCUT2D eigenvalue weighted by molar-refractivity contribution is -0.139. The Balaban J connectivity index is 2.73. The molecule has 17 heavy (non-hydrogen) atoms. The van der Waals surface area contributed by atoms with Crippen molar-refractivity contribution in [1.82, 2.24) is 4.90 Å². The molecule has 2 atom stereocenters. The van der Waals surface area contributed by atoms with Crippen LogP contribution in [0.15, 0.2) is 0 Å². The van der Waals surface area contributed by atoms with Gasteiger partial charge in [-0.3, -0.25) is 9.69 Å². The summed E-state index contributed by atoms with van der Waals surface area (Å²) in [5.41, 5.74) is 0. The molecule has 1 aliphatic rings. The number of carboxylic acid groups (broad SMARTS) is 1. The Bertz CT molecular complexity index is 367. The molecule has 0 spiro atoms. The predicted molar refractivity (Wildman–Crippen MR) is 62.7 cm³/mol. The van der Waals surface area contributed by atoms with Crippen LogP contribution in [-0.2, 0) is 19.4 Å². The Hall–Kier alpha value is -0.660. The summed E-state index contributed by atoms with van der Waals surface area (Å²) in [7, 11) is -1.46. The summed E-state index contributed by atoms with van der Waals surface area (Å²) in [5, 5.41) is 8.86. The molecule has 1 fully saturated rings. The number of hydrogen-bond donors (Lipinski definition) is 1. The fourth-order valence-electron chi connectivity index (χ4n) is 2.17. The number of carboxylic acids is 1. The molecular weight excluding hydrogens is 246 g/mol. The number of carbonyl (C=O) groups is 1. The van der Waals surface area contributed by atoms with Gasteiger partial charge in [-0.25, -0.2) is 8.42 Å². The molecule has 0 radical (unpaired) electrons. The second-order valence-corrected chi connectivity index (χ2v) is 6.66. The van der Waals surface area contributed by atoms with E-state index < -0.39 is 15.8 Å². The highest BCUT2D eigenvalue weighted by molar-refractivity contribution is 7.91. The van der Waals surface area contributed by atoms with E-state index in [1.54, 1.807) is 12.0 Å². The van der Waals surface area contributed by atoms with Crippen LogP contribution in [0.2, 0.25) is 0 Å². The van der Waals surface area contributed by atoms with Gasteiger partial charge < -0.3 is 9.84 Å². The molecule has 0 aromatic rings. The summed E-state index contributed by atoms with van der Waals surface area (Å²) < 4.78 is 27.8. The third kappa shape index (κ3) is 4.25. The van der Waals surface area contributed by atoms with Gasteiger partial charge in [-0.15, -0.1) is 0 Å². The van der Waals surface area contributed by atoms with E-state index in [0.717, 1.165) is 0 Å². The number of sulfone groups is 1. The maximum atomic E-state index is 11.4. The van der Waals surface area contributed by atoms with E-state index in [-0.39, 0.29) is 30.1 Å². The highest BCUT2D eigenvalue weighted by atomic mass is 32.2. The van der Waals surface area contributed by atoms with Gasteiger partial charge in [0.2, 0.25) is 0 Å². The van der Waals surface area contributed by atoms with E-state index in [1.807, 2.05) is 6.92 Å². The monoisotopic (exact) mass is 265 g/mol. The van der Waals surface area contributed by atoms with Gasteiger partial charge in [-0.2, -0.15) is 0 Å². The smallest absolute Gasteiger partial charge is 0.317 e. The highest BCUT2D eigenvalue weighted by Gasteiger charge is 2.35. The van der Waals surface area contributed by atoms with Crippen LogP contribution in [-0.4, -0.2) is 68.2 Å². The van der Waals surface area contributed by atoms with E-state index in [9.17, 15) is 13.2 Å². The van der Waals surface area contributed by atoms with Crippen LogP contribution in [0.1, 0.15) is 13.3 Å². The van der Waals surface area contributed by atoms with Gasteiger partial charge in [0.05, 0.1) is 24.7 Å². The Labute approximate surface area is 101 Å². The maximum absolute atomic E-state index is 11.4. The highest BCUT2D eigenvalue weighted by Crippen LogP contribution is 2.19. The maximum Gasteiger partial charge on any atom is 0.317 e. The molecule has 100 valence electrons. The molecule has 1 heterocycles. The molecule has 0 aromatic heterocycles. The minimum atomic E-state index is -3.00. The van der Waals surface area contributed by atoms with Crippen molar-refractivity contribution in [3.05, 3.63) is 0 Å². The number of nitrogens with zero attached hydrogens (tertiary/aromatic N) is 1. The van der Waals surface area contributed by atoms with Crippen LogP contribution in [0, 0.1) is 0 Å². The number of aliphatic carboxylic acids is 1. The largest absolute Gasteiger partial charge is 0.480 e. The Morgan fingerprint density at radius 1 is 1.59 bits per heavy atom. The second-order valence-electron chi connectivity index (χ2n) is 4.43. The van der Waals surface area contributed by atoms with Crippen molar-refractivity contribution >= 4 is 15.8 Å². The number of ether oxygens (including phenoxy) is 1. The van der Waals surface area contributed by atoms with Crippen LogP contribution in [0.3, 0.4) is 0 Å².